The Morgan fingerprint density at radius 2 is 2.33 bits per heavy atom. The van der Waals surface area contributed by atoms with Crippen LogP contribution >= 0.6 is 0 Å². The molecule has 0 bridgehead atoms. The number of aryl methyl sites for hydroxylation is 1. The molecule has 0 saturated carbocycles. The first kappa shape index (κ1) is 9.26. The van der Waals surface area contributed by atoms with E-state index in [2.05, 4.69) is 0 Å². The van der Waals surface area contributed by atoms with Crippen molar-refractivity contribution in [1.82, 2.24) is 4.57 Å². The second-order valence-electron chi connectivity index (χ2n) is 2.84. The maximum Gasteiger partial charge on any atom is 0.0911 e. The van der Waals surface area contributed by atoms with Gasteiger partial charge in [0.25, 0.3) is 0 Å². The summed E-state index contributed by atoms with van der Waals surface area (Å²) in [5.74, 6) is 0. The Labute approximate surface area is 72.2 Å². The van der Waals surface area contributed by atoms with Gasteiger partial charge in [-0.15, -0.1) is 0 Å². The van der Waals surface area contributed by atoms with E-state index in [-0.39, 0.29) is 6.67 Å². The lowest BCUT2D eigenvalue weighted by molar-refractivity contribution is 0.447. The van der Waals surface area contributed by atoms with E-state index in [9.17, 15) is 4.39 Å². The summed E-state index contributed by atoms with van der Waals surface area (Å²) in [6.07, 6.45) is 5.50. The standard InChI is InChI=1S/C9H15FN2/c10-4-1-6-12-7-3-9(8-12)2-5-11/h3,7-8H,1-2,4-6,11H2. The van der Waals surface area contributed by atoms with Crippen LogP contribution in [0.4, 0.5) is 4.39 Å². The quantitative estimate of drug-likeness (QED) is 0.710. The van der Waals surface area contributed by atoms with Crippen LogP contribution in [-0.2, 0) is 13.0 Å². The van der Waals surface area contributed by atoms with Gasteiger partial charge in [0.2, 0.25) is 0 Å². The van der Waals surface area contributed by atoms with Gasteiger partial charge in [-0.3, -0.25) is 4.39 Å². The second-order valence-corrected chi connectivity index (χ2v) is 2.84. The maximum absolute atomic E-state index is 11.8. The molecule has 0 radical (unpaired) electrons. The first-order valence-electron chi connectivity index (χ1n) is 4.27. The summed E-state index contributed by atoms with van der Waals surface area (Å²) in [7, 11) is 0. The number of halogens is 1. The van der Waals surface area contributed by atoms with Crippen LogP contribution in [0, 0.1) is 0 Å². The van der Waals surface area contributed by atoms with Crippen LogP contribution in [0.1, 0.15) is 12.0 Å². The van der Waals surface area contributed by atoms with E-state index < -0.39 is 0 Å². The number of aromatic nitrogens is 1. The fourth-order valence-corrected chi connectivity index (χ4v) is 1.19. The van der Waals surface area contributed by atoms with E-state index in [0.717, 1.165) is 13.0 Å². The van der Waals surface area contributed by atoms with E-state index in [0.29, 0.717) is 13.0 Å². The van der Waals surface area contributed by atoms with Crippen LogP contribution in [0.15, 0.2) is 18.5 Å². The summed E-state index contributed by atoms with van der Waals surface area (Å²) in [5, 5.41) is 0. The van der Waals surface area contributed by atoms with Crippen LogP contribution in [0.5, 0.6) is 0 Å². The number of alkyl halides is 1. The molecule has 0 atom stereocenters. The highest BCUT2D eigenvalue weighted by molar-refractivity contribution is 5.10. The molecule has 2 nitrogen and oxygen atoms in total. The average Bonchev–Trinajstić information content (AvgIpc) is 2.50. The summed E-state index contributed by atoms with van der Waals surface area (Å²) >= 11 is 0. The molecular weight excluding hydrogens is 155 g/mol. The SMILES string of the molecule is NCCc1ccn(CCCF)c1. The van der Waals surface area contributed by atoms with Crippen LogP contribution in [0.3, 0.4) is 0 Å². The predicted octanol–water partition coefficient (Wildman–Crippen LogP) is 1.35. The molecule has 1 heterocycles. The van der Waals surface area contributed by atoms with Gasteiger partial charge in [-0.2, -0.15) is 0 Å². The van der Waals surface area contributed by atoms with Gasteiger partial charge in [0, 0.05) is 18.9 Å². The van der Waals surface area contributed by atoms with Crippen LogP contribution in [0.2, 0.25) is 0 Å². The van der Waals surface area contributed by atoms with Gasteiger partial charge < -0.3 is 10.3 Å². The Hall–Kier alpha value is -0.830. The van der Waals surface area contributed by atoms with E-state index in [1.54, 1.807) is 0 Å². The average molecular weight is 170 g/mol. The monoisotopic (exact) mass is 170 g/mol. The molecule has 68 valence electrons. The number of nitrogens with two attached hydrogens (primary N) is 1. The smallest absolute Gasteiger partial charge is 0.0911 e. The van der Waals surface area contributed by atoms with Crippen molar-refractivity contribution >= 4 is 0 Å². The van der Waals surface area contributed by atoms with Crippen molar-refractivity contribution in [1.29, 1.82) is 0 Å². The van der Waals surface area contributed by atoms with Gasteiger partial charge >= 0.3 is 0 Å². The Balaban J connectivity index is 2.41. The molecule has 3 heteroatoms. The first-order valence-corrected chi connectivity index (χ1v) is 4.27. The van der Waals surface area contributed by atoms with Crippen molar-refractivity contribution in [3.8, 4) is 0 Å². The van der Waals surface area contributed by atoms with Gasteiger partial charge in [0.15, 0.2) is 0 Å². The van der Waals surface area contributed by atoms with Crippen LogP contribution < -0.4 is 5.73 Å². The lowest BCUT2D eigenvalue weighted by atomic mass is 10.2. The molecule has 1 aromatic rings. The third-order valence-electron chi connectivity index (χ3n) is 1.79. The Morgan fingerprint density at radius 1 is 1.50 bits per heavy atom. The number of hydrogen-bond donors (Lipinski definition) is 1. The van der Waals surface area contributed by atoms with Gasteiger partial charge in [-0.25, -0.2) is 0 Å². The van der Waals surface area contributed by atoms with Crippen molar-refractivity contribution in [2.24, 2.45) is 5.73 Å². The van der Waals surface area contributed by atoms with Gasteiger partial charge in [0.1, 0.15) is 0 Å². The van der Waals surface area contributed by atoms with E-state index in [4.69, 9.17) is 5.73 Å². The molecule has 0 fully saturated rings. The van der Waals surface area contributed by atoms with E-state index in [1.165, 1.54) is 5.56 Å². The minimum absolute atomic E-state index is 0.246. The summed E-state index contributed by atoms with van der Waals surface area (Å²) in [4.78, 5) is 0. The van der Waals surface area contributed by atoms with Crippen LogP contribution in [0.25, 0.3) is 0 Å². The molecule has 12 heavy (non-hydrogen) atoms. The molecule has 0 unspecified atom stereocenters. The minimum Gasteiger partial charge on any atom is -0.354 e. The highest BCUT2D eigenvalue weighted by atomic mass is 19.1. The Bertz CT molecular complexity index is 220. The molecule has 0 aliphatic carbocycles. The van der Waals surface area contributed by atoms with Gasteiger partial charge in [-0.05, 0) is 31.0 Å². The fraction of sp³-hybridized carbons (Fsp3) is 0.556. The lowest BCUT2D eigenvalue weighted by Gasteiger charge is -1.98. The first-order chi connectivity index (χ1) is 5.86. The zero-order valence-electron chi connectivity index (χ0n) is 7.17. The Kier molecular flexibility index (Phi) is 3.80. The highest BCUT2D eigenvalue weighted by Gasteiger charge is 1.94. The molecule has 0 aromatic carbocycles. The molecular formula is C9H15FN2. The summed E-state index contributed by atoms with van der Waals surface area (Å²) in [6, 6.07) is 2.03. The molecule has 1 rings (SSSR count). The molecule has 0 amide bonds. The molecule has 0 spiro atoms. The molecule has 0 saturated heterocycles. The summed E-state index contributed by atoms with van der Waals surface area (Å²) in [5.41, 5.74) is 6.63. The number of nitrogens with zero attached hydrogens (tertiary/aromatic N) is 1. The lowest BCUT2D eigenvalue weighted by Crippen LogP contribution is -2.02. The molecule has 0 aliphatic heterocycles. The third-order valence-corrected chi connectivity index (χ3v) is 1.79. The number of rotatable bonds is 5. The van der Waals surface area contributed by atoms with Crippen LogP contribution in [-0.4, -0.2) is 17.8 Å². The van der Waals surface area contributed by atoms with Gasteiger partial charge in [0.05, 0.1) is 6.67 Å². The highest BCUT2D eigenvalue weighted by Crippen LogP contribution is 2.02. The van der Waals surface area contributed by atoms with Crippen molar-refractivity contribution in [3.63, 3.8) is 0 Å². The van der Waals surface area contributed by atoms with Crippen molar-refractivity contribution < 1.29 is 4.39 Å². The number of hydrogen-bond acceptors (Lipinski definition) is 1. The zero-order valence-corrected chi connectivity index (χ0v) is 7.17. The zero-order chi connectivity index (χ0) is 8.81. The molecule has 2 N–H and O–H groups in total. The maximum atomic E-state index is 11.8. The molecule has 0 aliphatic rings. The summed E-state index contributed by atoms with van der Waals surface area (Å²) < 4.78 is 13.8. The van der Waals surface area contributed by atoms with Crippen molar-refractivity contribution in [2.45, 2.75) is 19.4 Å². The predicted molar refractivity (Wildman–Crippen MR) is 47.8 cm³/mol. The van der Waals surface area contributed by atoms with Crippen molar-refractivity contribution in [2.75, 3.05) is 13.2 Å². The Morgan fingerprint density at radius 3 is 3.00 bits per heavy atom. The third kappa shape index (κ3) is 2.66. The minimum atomic E-state index is -0.246. The normalized spacial score (nSPS) is 10.5. The van der Waals surface area contributed by atoms with Gasteiger partial charge in [-0.1, -0.05) is 0 Å². The fourth-order valence-electron chi connectivity index (χ4n) is 1.19. The van der Waals surface area contributed by atoms with E-state index >= 15 is 0 Å². The van der Waals surface area contributed by atoms with Crippen molar-refractivity contribution in [3.05, 3.63) is 24.0 Å². The second kappa shape index (κ2) is 4.93. The largest absolute Gasteiger partial charge is 0.354 e. The molecule has 1 aromatic heterocycles. The topological polar surface area (TPSA) is 30.9 Å². The summed E-state index contributed by atoms with van der Waals surface area (Å²) in [6.45, 7) is 1.19. The van der Waals surface area contributed by atoms with E-state index in [1.807, 2.05) is 23.0 Å².